The Morgan fingerprint density at radius 2 is 1.44 bits per heavy atom. The van der Waals surface area contributed by atoms with Crippen LogP contribution < -0.4 is 24.4 Å². The predicted molar refractivity (Wildman–Crippen MR) is 97.5 cm³/mol. The lowest BCUT2D eigenvalue weighted by Gasteiger charge is -2.14. The summed E-state index contributed by atoms with van der Waals surface area (Å²) in [5, 5.41) is 20.1. The van der Waals surface area contributed by atoms with E-state index in [2.05, 4.69) is 0 Å². The monoisotopic (exact) mass is 374 g/mol. The Morgan fingerprint density at radius 3 is 1.96 bits per heavy atom. The average molecular weight is 374 g/mol. The van der Waals surface area contributed by atoms with Crippen LogP contribution in [0, 0.1) is 0 Å². The molecule has 27 heavy (non-hydrogen) atoms. The molecule has 0 saturated heterocycles. The highest BCUT2D eigenvalue weighted by Gasteiger charge is 2.21. The summed E-state index contributed by atoms with van der Waals surface area (Å²) in [6.07, 6.45) is 1.23. The Morgan fingerprint density at radius 1 is 0.852 bits per heavy atom. The molecule has 3 aromatic rings. The summed E-state index contributed by atoms with van der Waals surface area (Å²) >= 11 is 0. The van der Waals surface area contributed by atoms with Crippen molar-refractivity contribution < 1.29 is 33.6 Å². The second-order valence-electron chi connectivity index (χ2n) is 5.54. The van der Waals surface area contributed by atoms with Gasteiger partial charge in [-0.25, -0.2) is 0 Å². The Hall–Kier alpha value is -3.55. The van der Waals surface area contributed by atoms with E-state index in [1.165, 1.54) is 40.8 Å². The minimum absolute atomic E-state index is 0.0204. The number of aromatic hydroxyl groups is 2. The van der Waals surface area contributed by atoms with Gasteiger partial charge in [-0.3, -0.25) is 4.79 Å². The first-order valence-electron chi connectivity index (χ1n) is 7.81. The molecule has 0 amide bonds. The number of hydrogen-bond donors (Lipinski definition) is 2. The SMILES string of the molecule is COc1cc(-c2coc3cc(O)c(OC)c(O)c3c2=O)cc(OC)c1OC. The molecular weight excluding hydrogens is 356 g/mol. The first-order chi connectivity index (χ1) is 13.0. The van der Waals surface area contributed by atoms with E-state index in [1.807, 2.05) is 0 Å². The average Bonchev–Trinajstić information content (AvgIpc) is 2.67. The van der Waals surface area contributed by atoms with Gasteiger partial charge in [-0.05, 0) is 17.7 Å². The van der Waals surface area contributed by atoms with Gasteiger partial charge in [0.15, 0.2) is 23.0 Å². The van der Waals surface area contributed by atoms with Gasteiger partial charge in [0, 0.05) is 6.07 Å². The van der Waals surface area contributed by atoms with Crippen molar-refractivity contribution in [3.05, 3.63) is 34.7 Å². The fraction of sp³-hybridized carbons (Fsp3) is 0.211. The van der Waals surface area contributed by atoms with E-state index in [1.54, 1.807) is 12.1 Å². The molecule has 0 aliphatic rings. The Balaban J connectivity index is 2.33. The van der Waals surface area contributed by atoms with Gasteiger partial charge in [-0.2, -0.15) is 0 Å². The molecular formula is C19H18O8. The first-order valence-corrected chi connectivity index (χ1v) is 7.81. The molecule has 0 fully saturated rings. The highest BCUT2D eigenvalue weighted by Crippen LogP contribution is 2.43. The maximum absolute atomic E-state index is 13.0. The lowest BCUT2D eigenvalue weighted by atomic mass is 10.0. The van der Waals surface area contributed by atoms with Gasteiger partial charge in [0.25, 0.3) is 0 Å². The number of hydrogen-bond acceptors (Lipinski definition) is 8. The van der Waals surface area contributed by atoms with Crippen molar-refractivity contribution in [1.82, 2.24) is 0 Å². The quantitative estimate of drug-likeness (QED) is 0.702. The largest absolute Gasteiger partial charge is 0.504 e. The standard InChI is InChI=1S/C19H18O8/c1-23-13-5-9(6-14(24-2)19(13)26-4)10-8-27-12-7-11(20)18(25-3)17(22)15(12)16(10)21/h5-8,20,22H,1-4H3. The molecule has 0 aliphatic carbocycles. The van der Waals surface area contributed by atoms with E-state index in [4.69, 9.17) is 23.4 Å². The zero-order valence-electron chi connectivity index (χ0n) is 15.2. The van der Waals surface area contributed by atoms with Gasteiger partial charge in [0.05, 0.1) is 34.0 Å². The summed E-state index contributed by atoms with van der Waals surface area (Å²) in [4.78, 5) is 13.0. The van der Waals surface area contributed by atoms with Crippen LogP contribution in [-0.2, 0) is 0 Å². The van der Waals surface area contributed by atoms with E-state index < -0.39 is 11.2 Å². The van der Waals surface area contributed by atoms with Crippen LogP contribution in [0.25, 0.3) is 22.1 Å². The zero-order chi connectivity index (χ0) is 19.7. The second-order valence-corrected chi connectivity index (χ2v) is 5.54. The first kappa shape index (κ1) is 18.2. The van der Waals surface area contributed by atoms with Gasteiger partial charge in [-0.1, -0.05) is 0 Å². The van der Waals surface area contributed by atoms with Crippen molar-refractivity contribution >= 4 is 11.0 Å². The molecule has 1 heterocycles. The van der Waals surface area contributed by atoms with E-state index in [-0.39, 0.29) is 28.0 Å². The summed E-state index contributed by atoms with van der Waals surface area (Å²) in [6, 6.07) is 4.39. The van der Waals surface area contributed by atoms with Crippen LogP contribution in [0.4, 0.5) is 0 Å². The van der Waals surface area contributed by atoms with Crippen LogP contribution in [0.3, 0.4) is 0 Å². The fourth-order valence-electron chi connectivity index (χ4n) is 2.87. The van der Waals surface area contributed by atoms with Crippen molar-refractivity contribution in [1.29, 1.82) is 0 Å². The molecule has 3 rings (SSSR count). The lowest BCUT2D eigenvalue weighted by molar-refractivity contribution is 0.324. The van der Waals surface area contributed by atoms with E-state index >= 15 is 0 Å². The van der Waals surface area contributed by atoms with Crippen molar-refractivity contribution in [2.45, 2.75) is 0 Å². The van der Waals surface area contributed by atoms with Crippen molar-refractivity contribution in [2.24, 2.45) is 0 Å². The highest BCUT2D eigenvalue weighted by molar-refractivity contribution is 5.91. The summed E-state index contributed by atoms with van der Waals surface area (Å²) < 4.78 is 26.3. The van der Waals surface area contributed by atoms with Crippen LogP contribution >= 0.6 is 0 Å². The normalized spacial score (nSPS) is 10.7. The molecule has 2 N–H and O–H groups in total. The summed E-state index contributed by atoms with van der Waals surface area (Å²) in [7, 11) is 5.67. The Bertz CT molecular complexity index is 1040. The van der Waals surface area contributed by atoms with Gasteiger partial charge in [0.2, 0.25) is 16.9 Å². The van der Waals surface area contributed by atoms with Gasteiger partial charge in [0.1, 0.15) is 17.2 Å². The Labute approximate surface area is 154 Å². The molecule has 0 radical (unpaired) electrons. The summed E-state index contributed by atoms with van der Waals surface area (Å²) in [6.45, 7) is 0. The molecule has 0 atom stereocenters. The van der Waals surface area contributed by atoms with Crippen LogP contribution in [0.2, 0.25) is 0 Å². The van der Waals surface area contributed by atoms with Crippen LogP contribution in [0.15, 0.2) is 33.7 Å². The minimum Gasteiger partial charge on any atom is -0.504 e. The molecule has 2 aromatic carbocycles. The number of phenols is 2. The number of ether oxygens (including phenoxy) is 4. The van der Waals surface area contributed by atoms with Crippen LogP contribution in [-0.4, -0.2) is 38.7 Å². The maximum Gasteiger partial charge on any atom is 0.204 e. The number of fused-ring (bicyclic) bond motifs is 1. The van der Waals surface area contributed by atoms with E-state index in [9.17, 15) is 15.0 Å². The third-order valence-electron chi connectivity index (χ3n) is 4.15. The molecule has 0 spiro atoms. The number of benzene rings is 2. The van der Waals surface area contributed by atoms with Gasteiger partial charge < -0.3 is 33.6 Å². The third kappa shape index (κ3) is 2.84. The molecule has 0 aliphatic heterocycles. The summed E-state index contributed by atoms with van der Waals surface area (Å²) in [5.74, 6) is 0.0413. The van der Waals surface area contributed by atoms with E-state index in [0.717, 1.165) is 0 Å². The maximum atomic E-state index is 13.0. The highest BCUT2D eigenvalue weighted by atomic mass is 16.5. The zero-order valence-corrected chi connectivity index (χ0v) is 15.2. The predicted octanol–water partition coefficient (Wildman–Crippen LogP) is 2.91. The molecule has 142 valence electrons. The van der Waals surface area contributed by atoms with Crippen molar-refractivity contribution in [3.8, 4) is 45.6 Å². The molecule has 8 heteroatoms. The lowest BCUT2D eigenvalue weighted by Crippen LogP contribution is -2.06. The molecule has 0 unspecified atom stereocenters. The van der Waals surface area contributed by atoms with Crippen LogP contribution in [0.1, 0.15) is 0 Å². The minimum atomic E-state index is -0.513. The third-order valence-corrected chi connectivity index (χ3v) is 4.15. The topological polar surface area (TPSA) is 108 Å². The van der Waals surface area contributed by atoms with E-state index in [0.29, 0.717) is 22.8 Å². The van der Waals surface area contributed by atoms with Crippen molar-refractivity contribution in [3.63, 3.8) is 0 Å². The van der Waals surface area contributed by atoms with Crippen LogP contribution in [0.5, 0.6) is 34.5 Å². The van der Waals surface area contributed by atoms with Gasteiger partial charge in [-0.15, -0.1) is 0 Å². The smallest absolute Gasteiger partial charge is 0.204 e. The number of phenolic OH excluding ortho intramolecular Hbond substituents is 2. The molecule has 1 aromatic heterocycles. The van der Waals surface area contributed by atoms with Gasteiger partial charge >= 0.3 is 0 Å². The Kier molecular flexibility index (Phi) is 4.72. The summed E-state index contributed by atoms with van der Waals surface area (Å²) in [5.41, 5.74) is 0.102. The second kappa shape index (κ2) is 6.99. The number of rotatable bonds is 5. The van der Waals surface area contributed by atoms with Crippen molar-refractivity contribution in [2.75, 3.05) is 28.4 Å². The fourth-order valence-corrected chi connectivity index (χ4v) is 2.87. The molecule has 8 nitrogen and oxygen atoms in total. The number of methoxy groups -OCH3 is 4. The molecule has 0 bridgehead atoms. The molecule has 0 saturated carbocycles.